The highest BCUT2D eigenvalue weighted by Crippen LogP contribution is 2.25. The first-order chi connectivity index (χ1) is 10.8. The van der Waals surface area contributed by atoms with Crippen LogP contribution in [-0.2, 0) is 9.84 Å². The highest BCUT2D eigenvalue weighted by atomic mass is 35.5. The van der Waals surface area contributed by atoms with Crippen molar-refractivity contribution >= 4 is 32.8 Å². The molecule has 0 amide bonds. The van der Waals surface area contributed by atoms with Gasteiger partial charge in [-0.1, -0.05) is 17.7 Å². The number of sulfone groups is 1. The molecular weight excluding hydrogens is 332 g/mol. The quantitative estimate of drug-likeness (QED) is 0.850. The van der Waals surface area contributed by atoms with E-state index in [4.69, 9.17) is 11.6 Å². The van der Waals surface area contributed by atoms with Gasteiger partial charge < -0.3 is 0 Å². The maximum absolute atomic E-state index is 11.5. The van der Waals surface area contributed by atoms with Gasteiger partial charge in [0.25, 0.3) is 0 Å². The molecule has 2 aromatic carbocycles. The number of aryl methyl sites for hydroxylation is 1. The molecule has 2 aromatic rings. The number of halogens is 1. The molecule has 0 spiro atoms. The smallest absolute Gasteiger partial charge is 0.175 e. The number of nitrogens with zero attached hydrogens (tertiary/aromatic N) is 2. The van der Waals surface area contributed by atoms with Crippen LogP contribution in [-0.4, -0.2) is 26.9 Å². The van der Waals surface area contributed by atoms with Crippen LogP contribution in [0.4, 0.5) is 5.69 Å². The Bertz CT molecular complexity index is 874. The molecule has 0 bridgehead atoms. The van der Waals surface area contributed by atoms with Gasteiger partial charge in [0, 0.05) is 24.2 Å². The summed E-state index contributed by atoms with van der Waals surface area (Å²) in [5, 5.41) is 7.29. The van der Waals surface area contributed by atoms with Crippen molar-refractivity contribution in [2.24, 2.45) is 5.10 Å². The van der Waals surface area contributed by atoms with Gasteiger partial charge in [-0.3, -0.25) is 5.01 Å². The largest absolute Gasteiger partial charge is 0.265 e. The third-order valence-electron chi connectivity index (χ3n) is 3.86. The summed E-state index contributed by atoms with van der Waals surface area (Å²) in [6.45, 7) is 2.75. The lowest BCUT2D eigenvalue weighted by molar-refractivity contribution is 0.602. The first-order valence-corrected chi connectivity index (χ1v) is 9.53. The van der Waals surface area contributed by atoms with Crippen LogP contribution < -0.4 is 5.01 Å². The Morgan fingerprint density at radius 1 is 1.13 bits per heavy atom. The van der Waals surface area contributed by atoms with Gasteiger partial charge in [0.15, 0.2) is 9.84 Å². The van der Waals surface area contributed by atoms with Crippen LogP contribution in [0.5, 0.6) is 0 Å². The molecule has 0 unspecified atom stereocenters. The van der Waals surface area contributed by atoms with Crippen LogP contribution in [0.25, 0.3) is 0 Å². The van der Waals surface area contributed by atoms with Crippen LogP contribution in [0.1, 0.15) is 17.5 Å². The van der Waals surface area contributed by atoms with E-state index in [0.29, 0.717) is 4.90 Å². The number of hydrogen-bond donors (Lipinski definition) is 0. The lowest BCUT2D eigenvalue weighted by Crippen LogP contribution is -2.11. The summed E-state index contributed by atoms with van der Waals surface area (Å²) in [6.07, 6.45) is 2.05. The minimum atomic E-state index is -3.17. The molecule has 1 aliphatic rings. The average molecular weight is 349 g/mol. The summed E-state index contributed by atoms with van der Waals surface area (Å²) in [5.74, 6) is 0. The molecule has 0 saturated carbocycles. The first-order valence-electron chi connectivity index (χ1n) is 7.26. The lowest BCUT2D eigenvalue weighted by Gasteiger charge is -2.13. The van der Waals surface area contributed by atoms with Crippen LogP contribution in [0.15, 0.2) is 52.5 Å². The second-order valence-corrected chi connectivity index (χ2v) is 8.07. The standard InChI is InChI=1S/C17H17ClN2O2S/c1-12-11-13(3-8-16(12)18)17-9-10-20(19-17)14-4-6-15(7-5-14)23(2,21)22/h3-8,11H,9-10H2,1-2H3. The molecule has 23 heavy (non-hydrogen) atoms. The third kappa shape index (κ3) is 3.41. The average Bonchev–Trinajstić information content (AvgIpc) is 2.99. The molecule has 1 aliphatic heterocycles. The maximum Gasteiger partial charge on any atom is 0.175 e. The molecule has 0 aromatic heterocycles. The van der Waals surface area contributed by atoms with Crippen LogP contribution >= 0.6 is 11.6 Å². The number of anilines is 1. The van der Waals surface area contributed by atoms with E-state index in [2.05, 4.69) is 5.10 Å². The van der Waals surface area contributed by atoms with Gasteiger partial charge in [-0.2, -0.15) is 5.10 Å². The molecule has 0 atom stereocenters. The maximum atomic E-state index is 11.5. The Kier molecular flexibility index (Phi) is 4.17. The molecule has 4 nitrogen and oxygen atoms in total. The Hall–Kier alpha value is -1.85. The van der Waals surface area contributed by atoms with Crippen molar-refractivity contribution < 1.29 is 8.42 Å². The monoisotopic (exact) mass is 348 g/mol. The van der Waals surface area contributed by atoms with Crippen molar-refractivity contribution in [1.29, 1.82) is 0 Å². The van der Waals surface area contributed by atoms with E-state index >= 15 is 0 Å². The van der Waals surface area contributed by atoms with Gasteiger partial charge >= 0.3 is 0 Å². The van der Waals surface area contributed by atoms with Crippen molar-refractivity contribution in [3.63, 3.8) is 0 Å². The minimum Gasteiger partial charge on any atom is -0.265 e. The summed E-state index contributed by atoms with van der Waals surface area (Å²) in [5.41, 5.74) is 4.00. The predicted octanol–water partition coefficient (Wildman–Crippen LogP) is 3.67. The fourth-order valence-corrected chi connectivity index (χ4v) is 3.28. The Morgan fingerprint density at radius 3 is 2.43 bits per heavy atom. The summed E-state index contributed by atoms with van der Waals surface area (Å²) in [4.78, 5) is 0.318. The van der Waals surface area contributed by atoms with Crippen molar-refractivity contribution in [2.45, 2.75) is 18.2 Å². The topological polar surface area (TPSA) is 49.7 Å². The van der Waals surface area contributed by atoms with Crippen molar-refractivity contribution in [1.82, 2.24) is 0 Å². The van der Waals surface area contributed by atoms with E-state index in [-0.39, 0.29) is 0 Å². The second-order valence-electron chi connectivity index (χ2n) is 5.65. The number of hydrogen-bond acceptors (Lipinski definition) is 4. The SMILES string of the molecule is Cc1cc(C2=NN(c3ccc(S(C)(=O)=O)cc3)CC2)ccc1Cl. The van der Waals surface area contributed by atoms with E-state index in [0.717, 1.165) is 40.5 Å². The molecule has 120 valence electrons. The molecule has 6 heteroatoms. The zero-order valence-corrected chi connectivity index (χ0v) is 14.5. The highest BCUT2D eigenvalue weighted by molar-refractivity contribution is 7.90. The van der Waals surface area contributed by atoms with E-state index in [1.807, 2.05) is 30.1 Å². The molecule has 3 rings (SSSR count). The highest BCUT2D eigenvalue weighted by Gasteiger charge is 2.18. The third-order valence-corrected chi connectivity index (χ3v) is 5.41. The molecule has 0 radical (unpaired) electrons. The first kappa shape index (κ1) is 16.0. The summed E-state index contributed by atoms with van der Waals surface area (Å²) in [7, 11) is -3.17. The second kappa shape index (κ2) is 5.98. The zero-order chi connectivity index (χ0) is 16.6. The minimum absolute atomic E-state index is 0.318. The zero-order valence-electron chi connectivity index (χ0n) is 13.0. The summed E-state index contributed by atoms with van der Waals surface area (Å²) < 4.78 is 23.0. The number of benzene rings is 2. The molecule has 0 aliphatic carbocycles. The normalized spacial score (nSPS) is 14.9. The van der Waals surface area contributed by atoms with Crippen LogP contribution in [0.3, 0.4) is 0 Å². The van der Waals surface area contributed by atoms with Gasteiger partial charge in [-0.15, -0.1) is 0 Å². The molecule has 0 N–H and O–H groups in total. The van der Waals surface area contributed by atoms with Crippen molar-refractivity contribution in [3.05, 3.63) is 58.6 Å². The summed E-state index contributed by atoms with van der Waals surface area (Å²) >= 11 is 6.06. The van der Waals surface area contributed by atoms with Gasteiger partial charge in [-0.05, 0) is 54.4 Å². The Labute approximate surface area is 141 Å². The Balaban J connectivity index is 1.85. The van der Waals surface area contributed by atoms with Gasteiger partial charge in [-0.25, -0.2) is 8.42 Å². The van der Waals surface area contributed by atoms with Crippen LogP contribution in [0.2, 0.25) is 5.02 Å². The van der Waals surface area contributed by atoms with E-state index in [1.54, 1.807) is 24.3 Å². The van der Waals surface area contributed by atoms with Crippen LogP contribution in [0, 0.1) is 6.92 Å². The van der Waals surface area contributed by atoms with E-state index in [1.165, 1.54) is 6.26 Å². The van der Waals surface area contributed by atoms with Gasteiger partial charge in [0.2, 0.25) is 0 Å². The van der Waals surface area contributed by atoms with Crippen molar-refractivity contribution in [2.75, 3.05) is 17.8 Å². The summed E-state index contributed by atoms with van der Waals surface area (Å²) in [6, 6.07) is 12.7. The molecule has 0 fully saturated rings. The van der Waals surface area contributed by atoms with Gasteiger partial charge in [0.05, 0.1) is 16.3 Å². The number of rotatable bonds is 3. The fourth-order valence-electron chi connectivity index (χ4n) is 2.54. The van der Waals surface area contributed by atoms with Gasteiger partial charge in [0.1, 0.15) is 0 Å². The molecule has 1 heterocycles. The number of hydrazone groups is 1. The molecule has 0 saturated heterocycles. The van der Waals surface area contributed by atoms with E-state index in [9.17, 15) is 8.42 Å². The lowest BCUT2D eigenvalue weighted by atomic mass is 10.1. The molecular formula is C17H17ClN2O2S. The Morgan fingerprint density at radius 2 is 1.83 bits per heavy atom. The predicted molar refractivity (Wildman–Crippen MR) is 94.2 cm³/mol. The fraction of sp³-hybridized carbons (Fsp3) is 0.235. The van der Waals surface area contributed by atoms with E-state index < -0.39 is 9.84 Å². The van der Waals surface area contributed by atoms with Crippen molar-refractivity contribution in [3.8, 4) is 0 Å².